The van der Waals surface area contributed by atoms with E-state index in [1.807, 2.05) is 6.07 Å². The number of fused-ring (bicyclic) bond motifs is 2. The molecule has 0 saturated carbocycles. The Hall–Kier alpha value is -3.10. The van der Waals surface area contributed by atoms with E-state index in [-0.39, 0.29) is 23.0 Å². The number of ketones is 2. The predicted octanol–water partition coefficient (Wildman–Crippen LogP) is 3.21. The highest BCUT2D eigenvalue weighted by atomic mass is 35.5. The lowest BCUT2D eigenvalue weighted by Crippen LogP contribution is -2.30. The van der Waals surface area contributed by atoms with E-state index in [1.54, 1.807) is 42.5 Å². The van der Waals surface area contributed by atoms with Crippen molar-refractivity contribution in [1.29, 1.82) is 5.26 Å². The number of carbonyl (C=O) groups excluding carboxylic acids is 2. The van der Waals surface area contributed by atoms with Crippen molar-refractivity contribution in [3.05, 3.63) is 75.6 Å². The number of nitriles is 1. The Morgan fingerprint density at radius 2 is 1.68 bits per heavy atom. The third kappa shape index (κ3) is 2.15. The number of hydrogen-bond acceptors (Lipinski definition) is 5. The van der Waals surface area contributed by atoms with E-state index < -0.39 is 11.8 Å². The summed E-state index contributed by atoms with van der Waals surface area (Å²) >= 11 is 6.08. The van der Waals surface area contributed by atoms with Crippen LogP contribution in [-0.4, -0.2) is 11.6 Å². The maximum atomic E-state index is 12.9. The largest absolute Gasteiger partial charge is 0.440 e. The number of halogens is 1. The maximum absolute atomic E-state index is 12.9. The van der Waals surface area contributed by atoms with Gasteiger partial charge >= 0.3 is 0 Å². The van der Waals surface area contributed by atoms with E-state index >= 15 is 0 Å². The maximum Gasteiger partial charge on any atom is 0.205 e. The van der Waals surface area contributed by atoms with Gasteiger partial charge in [-0.05, 0) is 18.2 Å². The standard InChI is InChI=1S/C19H11ClN2O3/c20-9-5-6-14-12(7-9)15(13(8-21)19(22)25-14)16-17(23)10-3-1-2-4-11(10)18(16)24/h1-7,15-16H,22H2. The van der Waals surface area contributed by atoms with Crippen molar-refractivity contribution >= 4 is 23.2 Å². The molecule has 0 spiro atoms. The summed E-state index contributed by atoms with van der Waals surface area (Å²) < 4.78 is 5.48. The van der Waals surface area contributed by atoms with Gasteiger partial charge in [-0.25, -0.2) is 0 Å². The summed E-state index contributed by atoms with van der Waals surface area (Å²) in [7, 11) is 0. The molecule has 1 unspecified atom stereocenters. The summed E-state index contributed by atoms with van der Waals surface area (Å²) in [6.45, 7) is 0. The van der Waals surface area contributed by atoms with Crippen molar-refractivity contribution in [2.75, 3.05) is 0 Å². The van der Waals surface area contributed by atoms with Crippen LogP contribution in [-0.2, 0) is 0 Å². The van der Waals surface area contributed by atoms with Crippen molar-refractivity contribution in [2.24, 2.45) is 11.7 Å². The first kappa shape index (κ1) is 15.4. The molecule has 5 nitrogen and oxygen atoms in total. The van der Waals surface area contributed by atoms with Crippen molar-refractivity contribution in [2.45, 2.75) is 5.92 Å². The highest BCUT2D eigenvalue weighted by Gasteiger charge is 2.48. The molecule has 6 heteroatoms. The van der Waals surface area contributed by atoms with E-state index in [1.165, 1.54) is 0 Å². The van der Waals surface area contributed by atoms with Crippen molar-refractivity contribution in [3.8, 4) is 11.8 Å². The zero-order valence-electron chi connectivity index (χ0n) is 12.8. The number of Topliss-reactive ketones (excluding diaryl/α,β-unsaturated/α-hetero) is 2. The SMILES string of the molecule is N#CC1=C(N)Oc2ccc(Cl)cc2C1C1C(=O)c2ccccc2C1=O. The second-order valence-electron chi connectivity index (χ2n) is 5.90. The molecular formula is C19H11ClN2O3. The van der Waals surface area contributed by atoms with Crippen LogP contribution in [0.3, 0.4) is 0 Å². The predicted molar refractivity (Wildman–Crippen MR) is 90.2 cm³/mol. The minimum absolute atomic E-state index is 0.0641. The molecule has 1 atom stereocenters. The first-order valence-corrected chi connectivity index (χ1v) is 7.95. The average Bonchev–Trinajstić information content (AvgIpc) is 2.86. The summed E-state index contributed by atoms with van der Waals surface area (Å²) in [5.74, 6) is -2.22. The Balaban J connectivity index is 1.93. The quantitative estimate of drug-likeness (QED) is 0.797. The van der Waals surface area contributed by atoms with Gasteiger partial charge in [-0.3, -0.25) is 9.59 Å². The molecule has 4 rings (SSSR count). The lowest BCUT2D eigenvalue weighted by Gasteiger charge is -2.28. The van der Waals surface area contributed by atoms with E-state index in [9.17, 15) is 14.9 Å². The summed E-state index contributed by atoms with van der Waals surface area (Å²) in [5, 5.41) is 9.97. The monoisotopic (exact) mass is 350 g/mol. The fourth-order valence-electron chi connectivity index (χ4n) is 3.48. The molecule has 0 radical (unpaired) electrons. The molecule has 1 heterocycles. The van der Waals surface area contributed by atoms with Gasteiger partial charge in [0.25, 0.3) is 0 Å². The number of ether oxygens (including phenoxy) is 1. The van der Waals surface area contributed by atoms with Gasteiger partial charge in [0.1, 0.15) is 11.8 Å². The lowest BCUT2D eigenvalue weighted by molar-refractivity contribution is 0.0822. The van der Waals surface area contributed by atoms with Gasteiger partial charge < -0.3 is 10.5 Å². The fourth-order valence-corrected chi connectivity index (χ4v) is 3.66. The summed E-state index contributed by atoms with van der Waals surface area (Å²) in [5.41, 5.74) is 7.18. The molecule has 25 heavy (non-hydrogen) atoms. The van der Waals surface area contributed by atoms with Gasteiger partial charge in [-0.15, -0.1) is 0 Å². The van der Waals surface area contributed by atoms with Gasteiger partial charge in [0.2, 0.25) is 5.88 Å². The molecule has 0 bridgehead atoms. The molecule has 0 aromatic heterocycles. The molecule has 2 aromatic carbocycles. The number of carbonyl (C=O) groups is 2. The number of nitrogens with two attached hydrogens (primary N) is 1. The molecule has 0 saturated heterocycles. The normalized spacial score (nSPS) is 19.3. The molecule has 0 fully saturated rings. The number of allylic oxidation sites excluding steroid dienone is 1. The van der Waals surface area contributed by atoms with Gasteiger partial charge in [0, 0.05) is 27.6 Å². The van der Waals surface area contributed by atoms with Crippen LogP contribution in [0.1, 0.15) is 32.2 Å². The first-order valence-electron chi connectivity index (χ1n) is 7.57. The van der Waals surface area contributed by atoms with Crippen LogP contribution in [0.25, 0.3) is 0 Å². The summed E-state index contributed by atoms with van der Waals surface area (Å²) in [6, 6.07) is 13.5. The Morgan fingerprint density at radius 1 is 1.04 bits per heavy atom. The van der Waals surface area contributed by atoms with Crippen LogP contribution in [0, 0.1) is 17.2 Å². The first-order chi connectivity index (χ1) is 12.0. The molecular weight excluding hydrogens is 340 g/mol. The highest BCUT2D eigenvalue weighted by molar-refractivity contribution is 6.31. The minimum Gasteiger partial charge on any atom is -0.440 e. The lowest BCUT2D eigenvalue weighted by atomic mass is 9.77. The third-order valence-electron chi connectivity index (χ3n) is 4.58. The van der Waals surface area contributed by atoms with Crippen LogP contribution >= 0.6 is 11.6 Å². The second-order valence-corrected chi connectivity index (χ2v) is 6.34. The average molecular weight is 351 g/mol. The second kappa shape index (κ2) is 5.47. The smallest absolute Gasteiger partial charge is 0.205 e. The summed E-state index contributed by atoms with van der Waals surface area (Å²) in [4.78, 5) is 25.8. The molecule has 2 aliphatic rings. The number of nitrogens with zero attached hydrogens (tertiary/aromatic N) is 1. The zero-order chi connectivity index (χ0) is 17.7. The van der Waals surface area contributed by atoms with E-state index in [4.69, 9.17) is 22.1 Å². The highest BCUT2D eigenvalue weighted by Crippen LogP contribution is 2.47. The Labute approximate surface area is 148 Å². The van der Waals surface area contributed by atoms with Crippen LogP contribution in [0.4, 0.5) is 0 Å². The van der Waals surface area contributed by atoms with Gasteiger partial charge in [0.05, 0.1) is 11.5 Å². The third-order valence-corrected chi connectivity index (χ3v) is 4.82. The van der Waals surface area contributed by atoms with Crippen molar-refractivity contribution < 1.29 is 14.3 Å². The van der Waals surface area contributed by atoms with Crippen LogP contribution in [0.15, 0.2) is 53.9 Å². The number of hydrogen-bond donors (Lipinski definition) is 1. The van der Waals surface area contributed by atoms with Crippen LogP contribution in [0.2, 0.25) is 5.02 Å². The molecule has 1 aliphatic carbocycles. The van der Waals surface area contributed by atoms with Crippen molar-refractivity contribution in [1.82, 2.24) is 0 Å². The minimum atomic E-state index is -1.05. The Kier molecular flexibility index (Phi) is 3.38. The van der Waals surface area contributed by atoms with E-state index in [2.05, 4.69) is 0 Å². The number of benzene rings is 2. The van der Waals surface area contributed by atoms with E-state index in [0.29, 0.717) is 27.5 Å². The van der Waals surface area contributed by atoms with Gasteiger partial charge in [0.15, 0.2) is 11.6 Å². The molecule has 1 aliphatic heterocycles. The van der Waals surface area contributed by atoms with Gasteiger partial charge in [-0.2, -0.15) is 5.26 Å². The Bertz CT molecular complexity index is 985. The number of rotatable bonds is 1. The fraction of sp³-hybridized carbons (Fsp3) is 0.105. The Morgan fingerprint density at radius 3 is 2.28 bits per heavy atom. The van der Waals surface area contributed by atoms with Gasteiger partial charge in [-0.1, -0.05) is 35.9 Å². The molecule has 2 N–H and O–H groups in total. The van der Waals surface area contributed by atoms with Crippen molar-refractivity contribution in [3.63, 3.8) is 0 Å². The van der Waals surface area contributed by atoms with Crippen LogP contribution < -0.4 is 10.5 Å². The molecule has 122 valence electrons. The summed E-state index contributed by atoms with van der Waals surface area (Å²) in [6.07, 6.45) is 0. The molecule has 2 aromatic rings. The van der Waals surface area contributed by atoms with Crippen LogP contribution in [0.5, 0.6) is 5.75 Å². The zero-order valence-corrected chi connectivity index (χ0v) is 13.6. The topological polar surface area (TPSA) is 93.2 Å². The molecule has 0 amide bonds. The van der Waals surface area contributed by atoms with E-state index in [0.717, 1.165) is 0 Å².